The first-order valence-corrected chi connectivity index (χ1v) is 20.2. The quantitative estimate of drug-likeness (QED) is 0.209. The molecule has 51 heavy (non-hydrogen) atoms. The summed E-state index contributed by atoms with van der Waals surface area (Å²) in [5.41, 5.74) is -1.97. The number of aromatic amines is 2. The Morgan fingerprint density at radius 3 is 1.82 bits per heavy atom. The number of aromatic nitrogens is 4. The van der Waals surface area contributed by atoms with E-state index in [9.17, 15) is 24.3 Å². The Kier molecular flexibility index (Phi) is 10.6. The van der Waals surface area contributed by atoms with Crippen LogP contribution in [-0.2, 0) is 13.9 Å². The maximum atomic E-state index is 13.0. The zero-order valence-corrected chi connectivity index (χ0v) is 31.5. The smallest absolute Gasteiger partial charge is 0.330 e. The van der Waals surface area contributed by atoms with Crippen molar-refractivity contribution in [3.8, 4) is 0 Å². The second-order valence-corrected chi connectivity index (χ2v) is 20.0. The summed E-state index contributed by atoms with van der Waals surface area (Å²) in [6.07, 6.45) is 0.373. The number of ether oxygens (including phenoxy) is 2. The largest absolute Gasteiger partial charge is 0.401 e. The molecule has 2 saturated heterocycles. The van der Waals surface area contributed by atoms with Crippen molar-refractivity contribution in [2.24, 2.45) is 5.92 Å². The van der Waals surface area contributed by atoms with Crippen molar-refractivity contribution in [3.05, 3.63) is 126 Å². The van der Waals surface area contributed by atoms with Gasteiger partial charge in [0.2, 0.25) is 0 Å². The van der Waals surface area contributed by atoms with Crippen LogP contribution in [0.5, 0.6) is 0 Å². The number of rotatable bonds is 10. The van der Waals surface area contributed by atoms with Crippen LogP contribution in [0.15, 0.2) is 92.2 Å². The Morgan fingerprint density at radius 1 is 0.843 bits per heavy atom. The second-order valence-electron chi connectivity index (χ2n) is 14.6. The van der Waals surface area contributed by atoms with E-state index in [-0.39, 0.29) is 17.4 Å². The lowest BCUT2D eigenvalue weighted by Gasteiger charge is -2.46. The molecule has 2 aromatic heterocycles. The van der Waals surface area contributed by atoms with Gasteiger partial charge in [0.1, 0.15) is 17.9 Å². The van der Waals surface area contributed by atoms with E-state index in [0.717, 1.165) is 10.4 Å². The number of nitrogens with zero attached hydrogens (tertiary/aromatic N) is 2. The van der Waals surface area contributed by atoms with Crippen molar-refractivity contribution in [1.29, 1.82) is 0 Å². The third-order valence-corrected chi connectivity index (χ3v) is 16.3. The van der Waals surface area contributed by atoms with Gasteiger partial charge in [0.25, 0.3) is 19.4 Å². The maximum Gasteiger partial charge on any atom is 0.330 e. The summed E-state index contributed by atoms with van der Waals surface area (Å²) >= 11 is 1.39. The van der Waals surface area contributed by atoms with Crippen LogP contribution in [0.4, 0.5) is 0 Å². The molecular weight excluding hydrogens is 689 g/mol. The number of aryl methyl sites for hydroxylation is 2. The molecule has 2 fully saturated rings. The van der Waals surface area contributed by atoms with Crippen LogP contribution < -0.4 is 32.9 Å². The number of aliphatic hydroxyl groups is 1. The molecule has 2 aromatic carbocycles. The fourth-order valence-corrected chi connectivity index (χ4v) is 13.3. The Balaban J connectivity index is 1.38. The molecule has 6 rings (SSSR count). The van der Waals surface area contributed by atoms with E-state index in [0.29, 0.717) is 23.3 Å². The van der Waals surface area contributed by atoms with E-state index in [1.165, 1.54) is 33.3 Å². The minimum atomic E-state index is -3.11. The summed E-state index contributed by atoms with van der Waals surface area (Å²) < 4.78 is 23.4. The Morgan fingerprint density at radius 2 is 1.33 bits per heavy atom. The topological polar surface area (TPSA) is 158 Å². The molecule has 0 amide bonds. The average molecular weight is 735 g/mol. The lowest BCUT2D eigenvalue weighted by molar-refractivity contribution is -0.0561. The number of hydrogen-bond acceptors (Lipinski definition) is 9. The first-order valence-electron chi connectivity index (χ1n) is 17.2. The van der Waals surface area contributed by atoms with Crippen LogP contribution in [0.2, 0.25) is 5.04 Å². The van der Waals surface area contributed by atoms with E-state index in [2.05, 4.69) is 61.9 Å². The molecule has 0 saturated carbocycles. The number of nitrogens with one attached hydrogen (secondary N) is 2. The average Bonchev–Trinajstić information content (AvgIpc) is 3.66. The van der Waals surface area contributed by atoms with Gasteiger partial charge in [-0.3, -0.25) is 28.7 Å². The molecule has 4 heterocycles. The van der Waals surface area contributed by atoms with E-state index in [1.807, 2.05) is 36.4 Å². The van der Waals surface area contributed by atoms with Crippen LogP contribution in [0, 0.1) is 19.8 Å². The standard InChI is InChI=1S/C37H46N4O8SSi/c1-22-17-29(40-19-23(2)32(43)38-35(40)45)47-31(22)28(21-50-34-27(42)18-30(48-34)41-20-24(3)33(44)39-36(41)46)49-51(37(4,5)6,25-13-9-7-10-14-25)26-15-11-8-12-16-26/h7-16,19-20,22,27-31,34,42H,17-18,21H2,1-6H3,(H,38,43,45)(H,39,44,46)/t22-,27?,28?,29+,30?,31-,34-/m0/s1. The predicted molar refractivity (Wildman–Crippen MR) is 199 cm³/mol. The minimum Gasteiger partial charge on any atom is -0.401 e. The third kappa shape index (κ3) is 7.30. The lowest BCUT2D eigenvalue weighted by Crippen LogP contribution is -2.69. The zero-order valence-electron chi connectivity index (χ0n) is 29.7. The Bertz CT molecular complexity index is 2040. The molecular formula is C37H46N4O8SSi. The first kappa shape index (κ1) is 37.0. The van der Waals surface area contributed by atoms with Gasteiger partial charge in [0, 0.05) is 35.7 Å². The Hall–Kier alpha value is -3.79. The van der Waals surface area contributed by atoms with Gasteiger partial charge in [-0.05, 0) is 41.6 Å². The van der Waals surface area contributed by atoms with Crippen molar-refractivity contribution < 1.29 is 19.0 Å². The fourth-order valence-electron chi connectivity index (χ4n) is 7.31. The van der Waals surface area contributed by atoms with Crippen LogP contribution in [0.3, 0.4) is 0 Å². The molecule has 0 bridgehead atoms. The van der Waals surface area contributed by atoms with E-state index in [4.69, 9.17) is 13.9 Å². The van der Waals surface area contributed by atoms with Gasteiger partial charge in [-0.2, -0.15) is 0 Å². The van der Waals surface area contributed by atoms with Crippen molar-refractivity contribution in [3.63, 3.8) is 0 Å². The number of H-pyrrole nitrogens is 2. The van der Waals surface area contributed by atoms with Crippen LogP contribution >= 0.6 is 11.8 Å². The SMILES string of the molecule is Cc1cn(C2CC(O)[C@H](SCC(O[Si](c3ccccc3)(c3ccccc3)C(C)(C)C)[C@H]3O[C@@H](n4cc(C)c(=O)[nH]c4=O)C[C@@H]3C)O2)c(=O)[nH]c1=O. The highest BCUT2D eigenvalue weighted by atomic mass is 32.2. The summed E-state index contributed by atoms with van der Waals surface area (Å²) in [6, 6.07) is 20.6. The highest BCUT2D eigenvalue weighted by Gasteiger charge is 2.54. The van der Waals surface area contributed by atoms with Crippen LogP contribution in [0.1, 0.15) is 64.1 Å². The van der Waals surface area contributed by atoms with Crippen molar-refractivity contribution >= 4 is 30.5 Å². The van der Waals surface area contributed by atoms with Gasteiger partial charge < -0.3 is 19.0 Å². The van der Waals surface area contributed by atoms with Gasteiger partial charge in [-0.1, -0.05) is 88.4 Å². The molecule has 2 aliphatic rings. The molecule has 3 N–H and O–H groups in total. The van der Waals surface area contributed by atoms with Gasteiger partial charge in [0.15, 0.2) is 0 Å². The fraction of sp³-hybridized carbons (Fsp3) is 0.459. The van der Waals surface area contributed by atoms with E-state index >= 15 is 0 Å². The highest BCUT2D eigenvalue weighted by Crippen LogP contribution is 2.43. The van der Waals surface area contributed by atoms with Crippen molar-refractivity contribution in [2.75, 3.05) is 5.75 Å². The molecule has 4 aromatic rings. The van der Waals surface area contributed by atoms with E-state index < -0.39 is 67.0 Å². The third-order valence-electron chi connectivity index (χ3n) is 9.95. The van der Waals surface area contributed by atoms with E-state index in [1.54, 1.807) is 13.8 Å². The first-order chi connectivity index (χ1) is 24.2. The second kappa shape index (κ2) is 14.7. The molecule has 0 radical (unpaired) electrons. The van der Waals surface area contributed by atoms with Crippen LogP contribution in [0.25, 0.3) is 0 Å². The lowest BCUT2D eigenvalue weighted by atomic mass is 10.00. The summed E-state index contributed by atoms with van der Waals surface area (Å²) in [6.45, 7) is 11.9. The van der Waals surface area contributed by atoms with Gasteiger partial charge in [0.05, 0.1) is 18.3 Å². The summed E-state index contributed by atoms with van der Waals surface area (Å²) in [5.74, 6) is 0.308. The normalized spacial score (nSPS) is 24.5. The Labute approximate surface area is 301 Å². The van der Waals surface area contributed by atoms with Gasteiger partial charge in [-0.25, -0.2) is 9.59 Å². The monoisotopic (exact) mass is 734 g/mol. The summed E-state index contributed by atoms with van der Waals surface area (Å²) in [7, 11) is -3.11. The van der Waals surface area contributed by atoms with Crippen LogP contribution in [-0.4, -0.2) is 62.0 Å². The van der Waals surface area contributed by atoms with Gasteiger partial charge >= 0.3 is 11.4 Å². The number of benzene rings is 2. The number of thioether (sulfide) groups is 1. The number of hydrogen-bond donors (Lipinski definition) is 3. The van der Waals surface area contributed by atoms with Crippen molar-refractivity contribution in [1.82, 2.24) is 19.1 Å². The minimum absolute atomic E-state index is 0.0530. The van der Waals surface area contributed by atoms with Gasteiger partial charge in [-0.15, -0.1) is 11.8 Å². The molecule has 3 unspecified atom stereocenters. The van der Waals surface area contributed by atoms with Crippen molar-refractivity contribution in [2.45, 2.75) is 95.6 Å². The molecule has 12 nitrogen and oxygen atoms in total. The molecule has 0 aliphatic carbocycles. The summed E-state index contributed by atoms with van der Waals surface area (Å²) in [5, 5.41) is 13.0. The molecule has 7 atom stereocenters. The summed E-state index contributed by atoms with van der Waals surface area (Å²) in [4.78, 5) is 54.5. The molecule has 2 aliphatic heterocycles. The molecule has 0 spiro atoms. The number of aliphatic hydroxyl groups excluding tert-OH is 1. The maximum absolute atomic E-state index is 13.0. The molecule has 14 heteroatoms. The molecule has 272 valence electrons. The highest BCUT2D eigenvalue weighted by molar-refractivity contribution is 7.99. The predicted octanol–water partition coefficient (Wildman–Crippen LogP) is 2.91. The zero-order chi connectivity index (χ0) is 36.7.